The third-order valence-electron chi connectivity index (χ3n) is 5.10. The summed E-state index contributed by atoms with van der Waals surface area (Å²) in [6.07, 6.45) is 9.37. The summed E-state index contributed by atoms with van der Waals surface area (Å²) < 4.78 is 2.21. The molecule has 0 amide bonds. The molecule has 3 nitrogen and oxygen atoms in total. The highest BCUT2D eigenvalue weighted by atomic mass is 15.3. The molecule has 1 heterocycles. The van der Waals surface area contributed by atoms with Gasteiger partial charge in [-0.2, -0.15) is 5.10 Å². The van der Waals surface area contributed by atoms with Crippen LogP contribution >= 0.6 is 0 Å². The molecule has 1 aromatic heterocycles. The van der Waals surface area contributed by atoms with Gasteiger partial charge in [0, 0.05) is 24.8 Å². The Morgan fingerprint density at radius 2 is 2.26 bits per heavy atom. The van der Waals surface area contributed by atoms with Crippen LogP contribution in [-0.4, -0.2) is 16.3 Å². The third-order valence-corrected chi connectivity index (χ3v) is 5.10. The molecule has 3 unspecified atom stereocenters. The van der Waals surface area contributed by atoms with Gasteiger partial charge in [-0.3, -0.25) is 4.68 Å². The maximum absolute atomic E-state index is 4.71. The predicted octanol–water partition coefficient (Wildman–Crippen LogP) is 3.13. The fourth-order valence-electron chi connectivity index (χ4n) is 4.07. The quantitative estimate of drug-likeness (QED) is 0.797. The lowest BCUT2D eigenvalue weighted by Crippen LogP contribution is -2.17. The number of aromatic nitrogens is 2. The van der Waals surface area contributed by atoms with Gasteiger partial charge in [0.25, 0.3) is 0 Å². The summed E-state index contributed by atoms with van der Waals surface area (Å²) in [6.45, 7) is 7.56. The number of hydrogen-bond donors (Lipinski definition) is 1. The fraction of sp³-hybridized carbons (Fsp3) is 0.812. The summed E-state index contributed by atoms with van der Waals surface area (Å²) in [5.41, 5.74) is 2.57. The minimum absolute atomic E-state index is 0.898. The topological polar surface area (TPSA) is 29.9 Å². The van der Waals surface area contributed by atoms with Crippen molar-refractivity contribution in [3.63, 3.8) is 0 Å². The zero-order chi connectivity index (χ0) is 13.2. The van der Waals surface area contributed by atoms with Gasteiger partial charge in [-0.25, -0.2) is 0 Å². The summed E-state index contributed by atoms with van der Waals surface area (Å²) in [5.74, 6) is 2.93. The van der Waals surface area contributed by atoms with Crippen LogP contribution in [0.4, 0.5) is 0 Å². The van der Waals surface area contributed by atoms with Crippen molar-refractivity contribution in [2.45, 2.75) is 59.0 Å². The first-order chi connectivity index (χ1) is 9.26. The Morgan fingerprint density at radius 3 is 2.95 bits per heavy atom. The van der Waals surface area contributed by atoms with Crippen LogP contribution in [0.5, 0.6) is 0 Å². The Balaban J connectivity index is 1.57. The van der Waals surface area contributed by atoms with E-state index >= 15 is 0 Å². The average molecular weight is 261 g/mol. The fourth-order valence-corrected chi connectivity index (χ4v) is 4.07. The van der Waals surface area contributed by atoms with Gasteiger partial charge in [0.15, 0.2) is 0 Å². The second kappa shape index (κ2) is 5.66. The molecule has 2 aliphatic carbocycles. The van der Waals surface area contributed by atoms with Crippen molar-refractivity contribution < 1.29 is 0 Å². The second-order valence-electron chi connectivity index (χ2n) is 6.57. The van der Waals surface area contributed by atoms with Gasteiger partial charge in [0.05, 0.1) is 5.69 Å². The SMILES string of the molecule is CCCNCc1cn(CC2CC3CCC2C3)nc1C. The number of nitrogens with zero attached hydrogens (tertiary/aromatic N) is 2. The van der Waals surface area contributed by atoms with E-state index in [-0.39, 0.29) is 0 Å². The highest BCUT2D eigenvalue weighted by molar-refractivity contribution is 5.15. The van der Waals surface area contributed by atoms with E-state index in [1.807, 2.05) is 0 Å². The molecule has 1 aromatic rings. The van der Waals surface area contributed by atoms with E-state index in [1.54, 1.807) is 0 Å². The van der Waals surface area contributed by atoms with Crippen molar-refractivity contribution in [1.29, 1.82) is 0 Å². The maximum atomic E-state index is 4.71. The highest BCUT2D eigenvalue weighted by Gasteiger charge is 2.39. The summed E-state index contributed by atoms with van der Waals surface area (Å²) >= 11 is 0. The summed E-state index contributed by atoms with van der Waals surface area (Å²) in [7, 11) is 0. The number of aryl methyl sites for hydroxylation is 1. The smallest absolute Gasteiger partial charge is 0.0638 e. The number of nitrogens with one attached hydrogen (secondary N) is 1. The standard InChI is InChI=1S/C16H27N3/c1-3-6-17-9-16-11-19(18-12(16)2)10-15-8-13-4-5-14(15)7-13/h11,13-15,17H,3-10H2,1-2H3. The molecule has 19 heavy (non-hydrogen) atoms. The predicted molar refractivity (Wildman–Crippen MR) is 77.9 cm³/mol. The van der Waals surface area contributed by atoms with Crippen LogP contribution < -0.4 is 5.32 Å². The molecule has 0 radical (unpaired) electrons. The molecular weight excluding hydrogens is 234 g/mol. The van der Waals surface area contributed by atoms with Crippen LogP contribution in [-0.2, 0) is 13.1 Å². The van der Waals surface area contributed by atoms with E-state index < -0.39 is 0 Å². The van der Waals surface area contributed by atoms with Gasteiger partial charge >= 0.3 is 0 Å². The van der Waals surface area contributed by atoms with Gasteiger partial charge in [0.1, 0.15) is 0 Å². The van der Waals surface area contributed by atoms with Gasteiger partial charge in [0.2, 0.25) is 0 Å². The summed E-state index contributed by atoms with van der Waals surface area (Å²) in [4.78, 5) is 0. The lowest BCUT2D eigenvalue weighted by atomic mass is 9.89. The van der Waals surface area contributed by atoms with E-state index in [0.29, 0.717) is 0 Å². The summed E-state index contributed by atoms with van der Waals surface area (Å²) in [6, 6.07) is 0. The number of hydrogen-bond acceptors (Lipinski definition) is 2. The van der Waals surface area contributed by atoms with E-state index in [0.717, 1.165) is 37.4 Å². The van der Waals surface area contributed by atoms with Crippen LogP contribution in [0.15, 0.2) is 6.20 Å². The van der Waals surface area contributed by atoms with Crippen LogP contribution in [0.25, 0.3) is 0 Å². The van der Waals surface area contributed by atoms with E-state index in [2.05, 4.69) is 30.0 Å². The van der Waals surface area contributed by atoms with Crippen molar-refractivity contribution >= 4 is 0 Å². The molecule has 3 rings (SSSR count). The van der Waals surface area contributed by atoms with Crippen molar-refractivity contribution in [3.05, 3.63) is 17.5 Å². The first-order valence-electron chi connectivity index (χ1n) is 8.00. The van der Waals surface area contributed by atoms with Crippen molar-refractivity contribution in [2.24, 2.45) is 17.8 Å². The molecule has 1 N–H and O–H groups in total. The van der Waals surface area contributed by atoms with E-state index in [9.17, 15) is 0 Å². The number of fused-ring (bicyclic) bond motifs is 2. The normalized spacial score (nSPS) is 29.3. The first-order valence-corrected chi connectivity index (χ1v) is 8.00. The van der Waals surface area contributed by atoms with Crippen molar-refractivity contribution in [1.82, 2.24) is 15.1 Å². The first kappa shape index (κ1) is 13.2. The maximum Gasteiger partial charge on any atom is 0.0638 e. The molecule has 2 fully saturated rings. The van der Waals surface area contributed by atoms with Crippen LogP contribution in [0, 0.1) is 24.7 Å². The Bertz CT molecular complexity index is 424. The molecule has 0 aromatic carbocycles. The van der Waals surface area contributed by atoms with E-state index in [1.165, 1.54) is 43.4 Å². The lowest BCUT2D eigenvalue weighted by molar-refractivity contribution is 0.285. The van der Waals surface area contributed by atoms with Crippen molar-refractivity contribution in [2.75, 3.05) is 6.54 Å². The number of rotatable bonds is 6. The molecule has 3 heteroatoms. The summed E-state index contributed by atoms with van der Waals surface area (Å²) in [5, 5.41) is 8.19. The minimum atomic E-state index is 0.898. The Kier molecular flexibility index (Phi) is 3.92. The Hall–Kier alpha value is -0.830. The largest absolute Gasteiger partial charge is 0.313 e. The highest BCUT2D eigenvalue weighted by Crippen LogP contribution is 2.48. The molecule has 0 saturated heterocycles. The van der Waals surface area contributed by atoms with Gasteiger partial charge in [-0.15, -0.1) is 0 Å². The third kappa shape index (κ3) is 2.86. The lowest BCUT2D eigenvalue weighted by Gasteiger charge is -2.21. The molecule has 2 aliphatic rings. The molecule has 0 aliphatic heterocycles. The van der Waals surface area contributed by atoms with Gasteiger partial charge in [-0.05, 0) is 56.9 Å². The minimum Gasteiger partial charge on any atom is -0.313 e. The van der Waals surface area contributed by atoms with Crippen LogP contribution in [0.3, 0.4) is 0 Å². The molecule has 2 saturated carbocycles. The van der Waals surface area contributed by atoms with E-state index in [4.69, 9.17) is 5.10 Å². The Morgan fingerprint density at radius 1 is 1.37 bits per heavy atom. The molecule has 3 atom stereocenters. The second-order valence-corrected chi connectivity index (χ2v) is 6.57. The molecular formula is C16H27N3. The molecule has 106 valence electrons. The zero-order valence-electron chi connectivity index (χ0n) is 12.4. The molecule has 0 spiro atoms. The molecule has 2 bridgehead atoms. The zero-order valence-corrected chi connectivity index (χ0v) is 12.4. The van der Waals surface area contributed by atoms with Crippen LogP contribution in [0.1, 0.15) is 50.3 Å². The monoisotopic (exact) mass is 261 g/mol. The van der Waals surface area contributed by atoms with Crippen molar-refractivity contribution in [3.8, 4) is 0 Å². The van der Waals surface area contributed by atoms with Crippen LogP contribution in [0.2, 0.25) is 0 Å². The van der Waals surface area contributed by atoms with Gasteiger partial charge < -0.3 is 5.32 Å². The Labute approximate surface area is 116 Å². The van der Waals surface area contributed by atoms with Gasteiger partial charge in [-0.1, -0.05) is 13.3 Å². The average Bonchev–Trinajstić information content (AvgIpc) is 3.07.